The van der Waals surface area contributed by atoms with E-state index in [1.165, 1.54) is 22.8 Å². The molecule has 2 aromatic heterocycles. The van der Waals surface area contributed by atoms with Crippen LogP contribution in [0.25, 0.3) is 0 Å². The molecule has 3 aromatic rings. The van der Waals surface area contributed by atoms with Crippen molar-refractivity contribution in [3.8, 4) is 5.75 Å². The van der Waals surface area contributed by atoms with Gasteiger partial charge in [0.25, 0.3) is 5.91 Å². The van der Waals surface area contributed by atoms with Gasteiger partial charge in [0.15, 0.2) is 5.69 Å². The minimum atomic E-state index is -5.08. The molecule has 0 radical (unpaired) electrons. The van der Waals surface area contributed by atoms with Crippen LogP contribution in [-0.2, 0) is 27.9 Å². The number of carboxylic acids is 1. The van der Waals surface area contributed by atoms with Gasteiger partial charge in [0.2, 0.25) is 21.9 Å². The number of aliphatic carboxylic acids is 1. The Bertz CT molecular complexity index is 1630. The van der Waals surface area contributed by atoms with Gasteiger partial charge < -0.3 is 19.2 Å². The molecule has 0 atom stereocenters. The van der Waals surface area contributed by atoms with Crippen LogP contribution in [0.1, 0.15) is 45.9 Å². The molecule has 1 amide bonds. The molecule has 1 N–H and O–H groups in total. The summed E-state index contributed by atoms with van der Waals surface area (Å²) < 4.78 is 84.6. The minimum Gasteiger partial charge on any atom is -0.497 e. The lowest BCUT2D eigenvalue weighted by molar-refractivity contribution is -0.192. The SMILES string of the molecule is COc1cc(C)c(S(=O)(=O)N(Cc2nc(C(=O)N3CCN(Cc4ccc(F)nc4)CC3)co2)C2CC2)c(C)c1.O=C(O)C(F)(F)F. The molecular weight excluding hydrogens is 638 g/mol. The van der Waals surface area contributed by atoms with E-state index >= 15 is 0 Å². The number of benzene rings is 1. The van der Waals surface area contributed by atoms with Crippen molar-refractivity contribution in [1.82, 2.24) is 24.1 Å². The third-order valence-corrected chi connectivity index (χ3v) is 9.55. The number of amides is 1. The van der Waals surface area contributed by atoms with Gasteiger partial charge in [-0.3, -0.25) is 9.69 Å². The van der Waals surface area contributed by atoms with Crippen molar-refractivity contribution >= 4 is 21.9 Å². The van der Waals surface area contributed by atoms with Gasteiger partial charge in [0.1, 0.15) is 12.0 Å². The van der Waals surface area contributed by atoms with E-state index in [1.54, 1.807) is 44.1 Å². The number of pyridine rings is 1. The van der Waals surface area contributed by atoms with E-state index in [0.29, 0.717) is 49.6 Å². The molecule has 1 aromatic carbocycles. The number of halogens is 4. The van der Waals surface area contributed by atoms with Gasteiger partial charge in [-0.05, 0) is 61.6 Å². The number of ether oxygens (including phenoxy) is 1. The molecule has 0 unspecified atom stereocenters. The topological polar surface area (TPSA) is 146 Å². The van der Waals surface area contributed by atoms with Crippen LogP contribution < -0.4 is 4.74 Å². The van der Waals surface area contributed by atoms with Gasteiger partial charge >= 0.3 is 12.1 Å². The molecule has 0 spiro atoms. The highest BCUT2D eigenvalue weighted by Crippen LogP contribution is 2.36. The lowest BCUT2D eigenvalue weighted by Gasteiger charge is -2.34. The molecule has 1 aliphatic heterocycles. The number of carbonyl (C=O) groups is 2. The predicted octanol–water partition coefficient (Wildman–Crippen LogP) is 3.78. The molecule has 12 nitrogen and oxygen atoms in total. The summed E-state index contributed by atoms with van der Waals surface area (Å²) >= 11 is 0. The first kappa shape index (κ1) is 34.8. The fourth-order valence-electron chi connectivity index (χ4n) is 4.97. The number of rotatable bonds is 9. The molecule has 3 heterocycles. The lowest BCUT2D eigenvalue weighted by Crippen LogP contribution is -2.48. The van der Waals surface area contributed by atoms with E-state index in [-0.39, 0.29) is 35.0 Å². The smallest absolute Gasteiger partial charge is 0.490 e. The van der Waals surface area contributed by atoms with Crippen molar-refractivity contribution < 1.29 is 49.8 Å². The maximum Gasteiger partial charge on any atom is 0.490 e. The standard InChI is InChI=1S/C27H32FN5O5S.C2HF3O2/c1-18-12-22(37-3)13-19(2)26(18)39(35,36)33(21-5-6-21)16-25-30-23(17-38-25)27(34)32-10-8-31(9-11-32)15-20-4-7-24(28)29-14-20;3-2(4,5)1(6)7/h4,7,12-14,17,21H,5-6,8-11,15-16H2,1-3H3;(H,6,7). The Morgan fingerprint density at radius 2 is 1.72 bits per heavy atom. The first-order chi connectivity index (χ1) is 21.6. The number of carboxylic acid groups (broad SMARTS) is 1. The molecule has 250 valence electrons. The largest absolute Gasteiger partial charge is 0.497 e. The maximum atomic E-state index is 13.7. The van der Waals surface area contributed by atoms with Gasteiger partial charge in [0, 0.05) is 45.0 Å². The number of oxazole rings is 1. The third-order valence-electron chi connectivity index (χ3n) is 7.35. The highest BCUT2D eigenvalue weighted by molar-refractivity contribution is 7.89. The molecule has 46 heavy (non-hydrogen) atoms. The van der Waals surface area contributed by atoms with Crippen molar-refractivity contribution in [3.05, 3.63) is 70.9 Å². The summed E-state index contributed by atoms with van der Waals surface area (Å²) in [5.41, 5.74) is 2.28. The van der Waals surface area contributed by atoms with Crippen molar-refractivity contribution in [3.63, 3.8) is 0 Å². The molecule has 1 saturated carbocycles. The summed E-state index contributed by atoms with van der Waals surface area (Å²) in [4.78, 5) is 34.2. The zero-order valence-electron chi connectivity index (χ0n) is 25.3. The second kappa shape index (κ2) is 14.1. The summed E-state index contributed by atoms with van der Waals surface area (Å²) in [6, 6.07) is 6.34. The van der Waals surface area contributed by atoms with E-state index in [1.807, 2.05) is 0 Å². The van der Waals surface area contributed by atoms with Crippen molar-refractivity contribution in [2.24, 2.45) is 0 Å². The number of nitrogens with zero attached hydrogens (tertiary/aromatic N) is 5. The molecule has 17 heteroatoms. The number of piperazine rings is 1. The van der Waals surface area contributed by atoms with E-state index in [9.17, 15) is 30.8 Å². The van der Waals surface area contributed by atoms with Crippen LogP contribution in [0.5, 0.6) is 5.75 Å². The normalized spacial score (nSPS) is 15.8. The Kier molecular flexibility index (Phi) is 10.7. The highest BCUT2D eigenvalue weighted by atomic mass is 32.2. The summed E-state index contributed by atoms with van der Waals surface area (Å²) in [6.07, 6.45) is -0.738. The Morgan fingerprint density at radius 1 is 1.11 bits per heavy atom. The molecular formula is C29H33F4N5O7S. The van der Waals surface area contributed by atoms with E-state index < -0.39 is 28.1 Å². The molecule has 2 fully saturated rings. The van der Waals surface area contributed by atoms with Gasteiger partial charge in [-0.2, -0.15) is 21.9 Å². The van der Waals surface area contributed by atoms with Crippen LogP contribution in [0.4, 0.5) is 17.6 Å². The number of alkyl halides is 3. The first-order valence-corrected chi connectivity index (χ1v) is 15.6. The fraction of sp³-hybridized carbons (Fsp3) is 0.448. The first-order valence-electron chi connectivity index (χ1n) is 14.1. The number of methoxy groups -OCH3 is 1. The van der Waals surface area contributed by atoms with Crippen molar-refractivity contribution in [2.45, 2.75) is 56.9 Å². The molecule has 0 bridgehead atoms. The fourth-order valence-corrected chi connectivity index (χ4v) is 7.02. The summed E-state index contributed by atoms with van der Waals surface area (Å²) in [5, 5.41) is 7.12. The maximum absolute atomic E-state index is 13.7. The second-order valence-corrected chi connectivity index (χ2v) is 12.7. The molecule has 5 rings (SSSR count). The number of hydrogen-bond donors (Lipinski definition) is 1. The van der Waals surface area contributed by atoms with Gasteiger partial charge in [-0.25, -0.2) is 23.2 Å². The Hall–Kier alpha value is -4.09. The number of sulfonamides is 1. The van der Waals surface area contributed by atoms with Crippen LogP contribution in [0.2, 0.25) is 0 Å². The van der Waals surface area contributed by atoms with Gasteiger partial charge in [-0.1, -0.05) is 6.07 Å². The van der Waals surface area contributed by atoms with Crippen molar-refractivity contribution in [2.75, 3.05) is 33.3 Å². The Balaban J connectivity index is 0.000000617. The quantitative estimate of drug-likeness (QED) is 0.264. The lowest BCUT2D eigenvalue weighted by atomic mass is 10.1. The number of hydrogen-bond acceptors (Lipinski definition) is 9. The zero-order chi connectivity index (χ0) is 33.8. The van der Waals surface area contributed by atoms with E-state index in [4.69, 9.17) is 19.1 Å². The summed E-state index contributed by atoms with van der Waals surface area (Å²) in [6.45, 7) is 6.41. The Morgan fingerprint density at radius 3 is 2.22 bits per heavy atom. The van der Waals surface area contributed by atoms with Crippen molar-refractivity contribution in [1.29, 1.82) is 0 Å². The third kappa shape index (κ3) is 8.58. The van der Waals surface area contributed by atoms with Gasteiger partial charge in [-0.15, -0.1) is 0 Å². The molecule has 1 saturated heterocycles. The van der Waals surface area contributed by atoms with Crippen LogP contribution >= 0.6 is 0 Å². The highest BCUT2D eigenvalue weighted by Gasteiger charge is 2.41. The summed E-state index contributed by atoms with van der Waals surface area (Å²) in [7, 11) is -2.29. The average molecular weight is 672 g/mol. The predicted molar refractivity (Wildman–Crippen MR) is 154 cm³/mol. The zero-order valence-corrected chi connectivity index (χ0v) is 26.1. The van der Waals surface area contributed by atoms with Gasteiger partial charge in [0.05, 0.1) is 18.6 Å². The van der Waals surface area contributed by atoms with E-state index in [0.717, 1.165) is 18.4 Å². The second-order valence-electron chi connectivity index (χ2n) is 10.9. The summed E-state index contributed by atoms with van der Waals surface area (Å²) in [5.74, 6) is -2.74. The number of carbonyl (C=O) groups excluding carboxylic acids is 1. The molecule has 1 aliphatic carbocycles. The van der Waals surface area contributed by atoms with Crippen LogP contribution in [-0.4, -0.2) is 95.0 Å². The monoisotopic (exact) mass is 671 g/mol. The van der Waals surface area contributed by atoms with Crippen LogP contribution in [0.3, 0.4) is 0 Å². The number of aromatic nitrogens is 2. The average Bonchev–Trinajstić information content (AvgIpc) is 3.72. The van der Waals surface area contributed by atoms with E-state index in [2.05, 4.69) is 14.9 Å². The molecule has 2 aliphatic rings. The van der Waals surface area contributed by atoms with Crippen LogP contribution in [0, 0.1) is 19.8 Å². The van der Waals surface area contributed by atoms with Crippen LogP contribution in [0.15, 0.2) is 46.0 Å². The Labute approximate surface area is 262 Å². The minimum absolute atomic E-state index is 0.0509. The number of aryl methyl sites for hydroxylation is 2.